The third-order valence-corrected chi connectivity index (χ3v) is 8.46. The van der Waals surface area contributed by atoms with E-state index in [1.807, 2.05) is 26.0 Å². The van der Waals surface area contributed by atoms with Crippen LogP contribution in [0.5, 0.6) is 0 Å². The van der Waals surface area contributed by atoms with Crippen molar-refractivity contribution in [1.82, 2.24) is 10.2 Å². The SMILES string of the molecule is CCCNC(=O)[C@@H](C)N(Cc1ccccc1C)C(=O)CN(c1cccc(C(F)(F)F)c1)S(=O)(=O)c1ccc(C)cc1. The Morgan fingerprint density at radius 3 is 2.22 bits per heavy atom. The molecule has 0 fully saturated rings. The Morgan fingerprint density at radius 2 is 1.61 bits per heavy atom. The summed E-state index contributed by atoms with van der Waals surface area (Å²) in [6, 6.07) is 15.9. The molecule has 0 aliphatic rings. The molecule has 3 aromatic rings. The number of carbonyl (C=O) groups is 2. The average Bonchev–Trinajstić information content (AvgIpc) is 2.93. The van der Waals surface area contributed by atoms with Crippen molar-refractivity contribution in [3.63, 3.8) is 0 Å². The van der Waals surface area contributed by atoms with Crippen LogP contribution >= 0.6 is 0 Å². The van der Waals surface area contributed by atoms with Crippen LogP contribution in [0.4, 0.5) is 18.9 Å². The van der Waals surface area contributed by atoms with Crippen LogP contribution in [0.1, 0.15) is 42.5 Å². The Bertz CT molecular complexity index is 1470. The van der Waals surface area contributed by atoms with Crippen molar-refractivity contribution in [2.75, 3.05) is 17.4 Å². The van der Waals surface area contributed by atoms with Gasteiger partial charge in [0.15, 0.2) is 0 Å². The number of rotatable bonds is 11. The van der Waals surface area contributed by atoms with E-state index in [9.17, 15) is 31.2 Å². The van der Waals surface area contributed by atoms with Gasteiger partial charge in [0.2, 0.25) is 11.8 Å². The van der Waals surface area contributed by atoms with E-state index >= 15 is 0 Å². The smallest absolute Gasteiger partial charge is 0.354 e. The van der Waals surface area contributed by atoms with Crippen molar-refractivity contribution in [3.05, 3.63) is 95.1 Å². The van der Waals surface area contributed by atoms with Crippen molar-refractivity contribution < 1.29 is 31.2 Å². The first-order valence-corrected chi connectivity index (χ1v) is 14.6. The van der Waals surface area contributed by atoms with E-state index < -0.39 is 46.2 Å². The van der Waals surface area contributed by atoms with E-state index in [4.69, 9.17) is 0 Å². The molecule has 7 nitrogen and oxygen atoms in total. The number of sulfonamides is 1. The first kappa shape index (κ1) is 31.7. The summed E-state index contributed by atoms with van der Waals surface area (Å²) in [4.78, 5) is 27.9. The lowest BCUT2D eigenvalue weighted by molar-refractivity contribution is -0.139. The highest BCUT2D eigenvalue weighted by Gasteiger charge is 2.35. The maximum absolute atomic E-state index is 13.9. The molecule has 3 rings (SSSR count). The predicted octanol–water partition coefficient (Wildman–Crippen LogP) is 5.46. The molecule has 220 valence electrons. The first-order valence-electron chi connectivity index (χ1n) is 13.1. The number of halogens is 3. The van der Waals surface area contributed by atoms with Gasteiger partial charge in [0, 0.05) is 13.1 Å². The fourth-order valence-electron chi connectivity index (χ4n) is 4.15. The van der Waals surface area contributed by atoms with E-state index in [2.05, 4.69) is 5.32 Å². The molecule has 0 aromatic heterocycles. The Balaban J connectivity index is 2.09. The highest BCUT2D eigenvalue weighted by molar-refractivity contribution is 7.92. The van der Waals surface area contributed by atoms with Gasteiger partial charge in [-0.05, 0) is 68.7 Å². The summed E-state index contributed by atoms with van der Waals surface area (Å²) in [5.41, 5.74) is 0.988. The van der Waals surface area contributed by atoms with Crippen LogP contribution in [-0.2, 0) is 32.3 Å². The number of carbonyl (C=O) groups excluding carboxylic acids is 2. The first-order chi connectivity index (χ1) is 19.3. The molecular formula is C30H34F3N3O4S. The fourth-order valence-corrected chi connectivity index (χ4v) is 5.56. The molecule has 0 spiro atoms. The zero-order valence-corrected chi connectivity index (χ0v) is 24.2. The molecule has 1 atom stereocenters. The monoisotopic (exact) mass is 589 g/mol. The normalized spacial score (nSPS) is 12.5. The molecule has 0 unspecified atom stereocenters. The fraction of sp³-hybridized carbons (Fsp3) is 0.333. The maximum atomic E-state index is 13.9. The molecule has 11 heteroatoms. The van der Waals surface area contributed by atoms with Gasteiger partial charge < -0.3 is 10.2 Å². The van der Waals surface area contributed by atoms with Crippen LogP contribution in [0.25, 0.3) is 0 Å². The third-order valence-electron chi connectivity index (χ3n) is 6.67. The highest BCUT2D eigenvalue weighted by atomic mass is 32.2. The topological polar surface area (TPSA) is 86.8 Å². The molecule has 0 saturated heterocycles. The summed E-state index contributed by atoms with van der Waals surface area (Å²) in [7, 11) is -4.48. The molecule has 3 aromatic carbocycles. The van der Waals surface area contributed by atoms with E-state index in [0.717, 1.165) is 28.8 Å². The lowest BCUT2D eigenvalue weighted by atomic mass is 10.1. The Hall–Kier alpha value is -3.86. The predicted molar refractivity (Wildman–Crippen MR) is 152 cm³/mol. The van der Waals surface area contributed by atoms with Gasteiger partial charge in [0.1, 0.15) is 12.6 Å². The number of alkyl halides is 3. The summed E-state index contributed by atoms with van der Waals surface area (Å²) in [6.07, 6.45) is -4.07. The Kier molecular flexibility index (Phi) is 10.2. The van der Waals surface area contributed by atoms with E-state index in [1.165, 1.54) is 30.0 Å². The number of hydrogen-bond acceptors (Lipinski definition) is 4. The molecule has 0 aliphatic heterocycles. The minimum Gasteiger partial charge on any atom is -0.354 e. The van der Waals surface area contributed by atoms with Crippen LogP contribution in [0, 0.1) is 13.8 Å². The van der Waals surface area contributed by atoms with E-state index in [0.29, 0.717) is 23.3 Å². The Labute approximate surface area is 239 Å². The van der Waals surface area contributed by atoms with E-state index in [-0.39, 0.29) is 17.1 Å². The molecule has 0 saturated carbocycles. The summed E-state index contributed by atoms with van der Waals surface area (Å²) >= 11 is 0. The summed E-state index contributed by atoms with van der Waals surface area (Å²) < 4.78 is 69.0. The van der Waals surface area contributed by atoms with Crippen LogP contribution in [-0.4, -0.2) is 44.3 Å². The van der Waals surface area contributed by atoms with Crippen LogP contribution in [0.3, 0.4) is 0 Å². The van der Waals surface area contributed by atoms with Gasteiger partial charge in [-0.1, -0.05) is 55.0 Å². The number of nitrogens with zero attached hydrogens (tertiary/aromatic N) is 2. The summed E-state index contributed by atoms with van der Waals surface area (Å²) in [6.45, 7) is 6.57. The second-order valence-corrected chi connectivity index (χ2v) is 11.7. The largest absolute Gasteiger partial charge is 0.416 e. The number of benzene rings is 3. The maximum Gasteiger partial charge on any atom is 0.416 e. The van der Waals surface area contributed by atoms with Gasteiger partial charge in [0.25, 0.3) is 10.0 Å². The lowest BCUT2D eigenvalue weighted by Crippen LogP contribution is -2.51. The molecule has 0 bridgehead atoms. The summed E-state index contributed by atoms with van der Waals surface area (Å²) in [5.74, 6) is -1.18. The molecule has 2 amide bonds. The molecule has 0 radical (unpaired) electrons. The van der Waals surface area contributed by atoms with Crippen LogP contribution in [0.2, 0.25) is 0 Å². The van der Waals surface area contributed by atoms with Crippen molar-refractivity contribution in [1.29, 1.82) is 0 Å². The number of aryl methyl sites for hydroxylation is 2. The van der Waals surface area contributed by atoms with Gasteiger partial charge in [-0.2, -0.15) is 13.2 Å². The van der Waals surface area contributed by atoms with Crippen molar-refractivity contribution in [2.45, 2.75) is 57.8 Å². The van der Waals surface area contributed by atoms with Crippen molar-refractivity contribution in [3.8, 4) is 0 Å². The Morgan fingerprint density at radius 1 is 0.951 bits per heavy atom. The number of nitrogens with one attached hydrogen (secondary N) is 1. The minimum atomic E-state index is -4.73. The second kappa shape index (κ2) is 13.2. The van der Waals surface area contributed by atoms with Gasteiger partial charge in [-0.25, -0.2) is 8.42 Å². The van der Waals surface area contributed by atoms with Gasteiger partial charge >= 0.3 is 6.18 Å². The number of hydrogen-bond donors (Lipinski definition) is 1. The quantitative estimate of drug-likeness (QED) is 0.322. The highest BCUT2D eigenvalue weighted by Crippen LogP contribution is 2.33. The summed E-state index contributed by atoms with van der Waals surface area (Å²) in [5, 5.41) is 2.75. The molecule has 0 aliphatic carbocycles. The lowest BCUT2D eigenvalue weighted by Gasteiger charge is -2.32. The molecule has 0 heterocycles. The third kappa shape index (κ3) is 7.87. The number of amides is 2. The number of anilines is 1. The zero-order valence-electron chi connectivity index (χ0n) is 23.4. The molecular weight excluding hydrogens is 555 g/mol. The van der Waals surface area contributed by atoms with Gasteiger partial charge in [-0.15, -0.1) is 0 Å². The zero-order chi connectivity index (χ0) is 30.4. The molecule has 1 N–H and O–H groups in total. The van der Waals surface area contributed by atoms with E-state index in [1.54, 1.807) is 31.2 Å². The van der Waals surface area contributed by atoms with Gasteiger partial charge in [0.05, 0.1) is 16.1 Å². The second-order valence-electron chi connectivity index (χ2n) is 9.79. The average molecular weight is 590 g/mol. The van der Waals surface area contributed by atoms with Crippen LogP contribution < -0.4 is 9.62 Å². The van der Waals surface area contributed by atoms with Gasteiger partial charge in [-0.3, -0.25) is 13.9 Å². The van der Waals surface area contributed by atoms with Crippen molar-refractivity contribution in [2.24, 2.45) is 0 Å². The minimum absolute atomic E-state index is 0.00672. The standard InChI is InChI=1S/C30H34F3N3O4S/c1-5-17-34-29(38)23(4)35(19-24-10-7-6-9-22(24)3)28(37)20-36(26-12-8-11-25(18-26)30(31,32)33)41(39,40)27-15-13-21(2)14-16-27/h6-16,18,23H,5,17,19-20H2,1-4H3,(H,34,38)/t23-/m1/s1. The molecule has 41 heavy (non-hydrogen) atoms. The van der Waals surface area contributed by atoms with Crippen molar-refractivity contribution >= 4 is 27.5 Å². The van der Waals surface area contributed by atoms with Crippen LogP contribution in [0.15, 0.2) is 77.7 Å².